The highest BCUT2D eigenvalue weighted by Gasteiger charge is 2.24. The highest BCUT2D eigenvalue weighted by Crippen LogP contribution is 2.50. The van der Waals surface area contributed by atoms with Crippen molar-refractivity contribution in [2.45, 2.75) is 12.8 Å². The normalized spacial score (nSPS) is 13.1. The van der Waals surface area contributed by atoms with Gasteiger partial charge in [-0.1, -0.05) is 18.2 Å². The Morgan fingerprint density at radius 3 is 2.13 bits per heavy atom. The van der Waals surface area contributed by atoms with Crippen molar-refractivity contribution >= 4 is 0 Å². The average Bonchev–Trinajstić information content (AvgIpc) is 3.57. The number of hydrogen-bond donors (Lipinski definition) is 3. The molecule has 3 aromatic carbocycles. The zero-order chi connectivity index (χ0) is 21.3. The van der Waals surface area contributed by atoms with Crippen molar-refractivity contribution in [2.24, 2.45) is 5.92 Å². The third-order valence-corrected chi connectivity index (χ3v) is 5.24. The quantitative estimate of drug-likeness (QED) is 0.513. The maximum absolute atomic E-state index is 11.0. The van der Waals surface area contributed by atoms with E-state index in [9.17, 15) is 15.3 Å². The molecule has 6 nitrogen and oxygen atoms in total. The van der Waals surface area contributed by atoms with E-state index in [-0.39, 0.29) is 23.0 Å². The number of methoxy groups -OCH3 is 2. The minimum absolute atomic E-state index is 0.00354. The van der Waals surface area contributed by atoms with E-state index in [1.165, 1.54) is 14.2 Å². The van der Waals surface area contributed by atoms with Gasteiger partial charge < -0.3 is 29.5 Å². The second kappa shape index (κ2) is 8.06. The van der Waals surface area contributed by atoms with Crippen LogP contribution in [-0.2, 0) is 0 Å². The van der Waals surface area contributed by atoms with Crippen LogP contribution in [0.4, 0.5) is 0 Å². The topological polar surface area (TPSA) is 88.4 Å². The number of phenolic OH excluding ortho intramolecular Hbond substituents is 3. The molecular formula is C24H24O6. The fourth-order valence-electron chi connectivity index (χ4n) is 3.42. The van der Waals surface area contributed by atoms with Crippen LogP contribution in [0, 0.1) is 5.92 Å². The molecule has 0 saturated heterocycles. The third kappa shape index (κ3) is 3.81. The molecule has 0 aromatic heterocycles. The van der Waals surface area contributed by atoms with Gasteiger partial charge in [0.25, 0.3) is 0 Å². The summed E-state index contributed by atoms with van der Waals surface area (Å²) in [6.45, 7) is 0.594. The van der Waals surface area contributed by atoms with E-state index >= 15 is 0 Å². The summed E-state index contributed by atoms with van der Waals surface area (Å²) in [5.74, 6) is 1.71. The monoisotopic (exact) mass is 408 g/mol. The van der Waals surface area contributed by atoms with E-state index < -0.39 is 0 Å². The van der Waals surface area contributed by atoms with Crippen LogP contribution >= 0.6 is 0 Å². The zero-order valence-corrected chi connectivity index (χ0v) is 16.9. The Bertz CT molecular complexity index is 1050. The van der Waals surface area contributed by atoms with Gasteiger partial charge in [0.2, 0.25) is 0 Å². The number of phenols is 3. The molecule has 1 aliphatic carbocycles. The summed E-state index contributed by atoms with van der Waals surface area (Å²) >= 11 is 0. The van der Waals surface area contributed by atoms with Crippen molar-refractivity contribution in [3.05, 3.63) is 48.5 Å². The molecule has 0 radical (unpaired) electrons. The van der Waals surface area contributed by atoms with Gasteiger partial charge in [0.15, 0.2) is 23.0 Å². The van der Waals surface area contributed by atoms with Gasteiger partial charge in [0.05, 0.1) is 26.4 Å². The Kier molecular flexibility index (Phi) is 5.31. The van der Waals surface area contributed by atoms with Gasteiger partial charge in [-0.25, -0.2) is 0 Å². The molecule has 0 aliphatic heterocycles. The van der Waals surface area contributed by atoms with E-state index in [1.54, 1.807) is 48.5 Å². The first-order valence-electron chi connectivity index (χ1n) is 9.75. The molecule has 3 aromatic rings. The van der Waals surface area contributed by atoms with Gasteiger partial charge in [-0.3, -0.25) is 0 Å². The van der Waals surface area contributed by atoms with E-state index in [0.717, 1.165) is 18.4 Å². The van der Waals surface area contributed by atoms with Crippen molar-refractivity contribution in [1.29, 1.82) is 0 Å². The molecule has 0 amide bonds. The number of hydrogen-bond acceptors (Lipinski definition) is 6. The Morgan fingerprint density at radius 2 is 1.53 bits per heavy atom. The number of aromatic hydroxyl groups is 3. The van der Waals surface area contributed by atoms with Crippen LogP contribution in [0.1, 0.15) is 12.8 Å². The van der Waals surface area contributed by atoms with Crippen LogP contribution < -0.4 is 14.2 Å². The minimum Gasteiger partial charge on any atom is -0.508 e. The van der Waals surface area contributed by atoms with Crippen molar-refractivity contribution in [2.75, 3.05) is 20.8 Å². The van der Waals surface area contributed by atoms with Crippen LogP contribution in [-0.4, -0.2) is 36.1 Å². The van der Waals surface area contributed by atoms with Crippen molar-refractivity contribution < 1.29 is 29.5 Å². The molecule has 156 valence electrons. The largest absolute Gasteiger partial charge is 0.508 e. The second-order valence-electron chi connectivity index (χ2n) is 7.37. The average molecular weight is 408 g/mol. The lowest BCUT2D eigenvalue weighted by molar-refractivity contribution is 0.284. The van der Waals surface area contributed by atoms with Crippen LogP contribution in [0.25, 0.3) is 22.3 Å². The lowest BCUT2D eigenvalue weighted by Crippen LogP contribution is -1.99. The minimum atomic E-state index is -0.106. The van der Waals surface area contributed by atoms with Gasteiger partial charge in [0, 0.05) is 5.56 Å². The highest BCUT2D eigenvalue weighted by atomic mass is 16.5. The third-order valence-electron chi connectivity index (χ3n) is 5.24. The summed E-state index contributed by atoms with van der Waals surface area (Å²) in [6, 6.07) is 13.3. The van der Waals surface area contributed by atoms with Crippen molar-refractivity contribution in [1.82, 2.24) is 0 Å². The summed E-state index contributed by atoms with van der Waals surface area (Å²) in [7, 11) is 2.99. The lowest BCUT2D eigenvalue weighted by atomic mass is 9.96. The first-order valence-corrected chi connectivity index (χ1v) is 9.75. The molecule has 0 atom stereocenters. The molecule has 0 unspecified atom stereocenters. The van der Waals surface area contributed by atoms with Crippen LogP contribution in [0.2, 0.25) is 0 Å². The van der Waals surface area contributed by atoms with E-state index in [0.29, 0.717) is 40.7 Å². The second-order valence-corrected chi connectivity index (χ2v) is 7.37. The fraction of sp³-hybridized carbons (Fsp3) is 0.250. The summed E-state index contributed by atoms with van der Waals surface area (Å²) in [4.78, 5) is 0. The molecule has 0 spiro atoms. The smallest absolute Gasteiger partial charge is 0.170 e. The van der Waals surface area contributed by atoms with Gasteiger partial charge in [-0.05, 0) is 60.2 Å². The SMILES string of the molecule is COc1cc(-c2ccc(O)cc2)c(OC)c(O)c1-c1ccc(OCC2CC2)c(O)c1. The van der Waals surface area contributed by atoms with Crippen molar-refractivity contribution in [3.63, 3.8) is 0 Å². The zero-order valence-electron chi connectivity index (χ0n) is 16.9. The van der Waals surface area contributed by atoms with Crippen LogP contribution in [0.15, 0.2) is 48.5 Å². The fourth-order valence-corrected chi connectivity index (χ4v) is 3.42. The van der Waals surface area contributed by atoms with Crippen LogP contribution in [0.3, 0.4) is 0 Å². The predicted octanol–water partition coefficient (Wildman–Crippen LogP) is 4.94. The number of ether oxygens (including phenoxy) is 3. The molecule has 4 rings (SSSR count). The van der Waals surface area contributed by atoms with Gasteiger partial charge in [-0.15, -0.1) is 0 Å². The van der Waals surface area contributed by atoms with Gasteiger partial charge >= 0.3 is 0 Å². The molecule has 1 fully saturated rings. The molecule has 30 heavy (non-hydrogen) atoms. The first-order chi connectivity index (χ1) is 14.5. The summed E-state index contributed by atoms with van der Waals surface area (Å²) < 4.78 is 16.7. The molecule has 0 bridgehead atoms. The Hall–Kier alpha value is -3.54. The van der Waals surface area contributed by atoms with E-state index in [1.807, 2.05) is 0 Å². The van der Waals surface area contributed by atoms with E-state index in [4.69, 9.17) is 14.2 Å². The Balaban J connectivity index is 1.77. The summed E-state index contributed by atoms with van der Waals surface area (Å²) in [5, 5.41) is 31.0. The lowest BCUT2D eigenvalue weighted by Gasteiger charge is -2.18. The summed E-state index contributed by atoms with van der Waals surface area (Å²) in [6.07, 6.45) is 2.33. The Labute approximate surface area is 174 Å². The molecule has 1 saturated carbocycles. The van der Waals surface area contributed by atoms with Gasteiger partial charge in [0.1, 0.15) is 11.5 Å². The van der Waals surface area contributed by atoms with Gasteiger partial charge in [-0.2, -0.15) is 0 Å². The highest BCUT2D eigenvalue weighted by molar-refractivity contribution is 5.88. The molecule has 6 heteroatoms. The van der Waals surface area contributed by atoms with Crippen LogP contribution in [0.5, 0.6) is 34.5 Å². The maximum atomic E-state index is 11.0. The maximum Gasteiger partial charge on any atom is 0.170 e. The Morgan fingerprint density at radius 1 is 0.833 bits per heavy atom. The molecule has 1 aliphatic rings. The molecular weight excluding hydrogens is 384 g/mol. The molecule has 0 heterocycles. The first kappa shape index (κ1) is 19.8. The van der Waals surface area contributed by atoms with Crippen molar-refractivity contribution in [3.8, 4) is 56.8 Å². The standard InChI is InChI=1S/C24H24O6/c1-28-21-12-18(15-5-8-17(25)9-6-15)24(29-2)23(27)22(21)16-7-10-20(19(26)11-16)30-13-14-3-4-14/h5-12,14,25-27H,3-4,13H2,1-2H3. The molecule has 3 N–H and O–H groups in total. The number of rotatable bonds is 7. The number of benzene rings is 3. The summed E-state index contributed by atoms with van der Waals surface area (Å²) in [5.41, 5.74) is 2.33. The predicted molar refractivity (Wildman–Crippen MR) is 114 cm³/mol. The van der Waals surface area contributed by atoms with E-state index in [2.05, 4.69) is 0 Å².